The minimum Gasteiger partial charge on any atom is -0.496 e. The second kappa shape index (κ2) is 5.80. The molecule has 1 aromatic rings. The number of ether oxygens (including phenoxy) is 1. The molecule has 0 aliphatic heterocycles. The lowest BCUT2D eigenvalue weighted by molar-refractivity contribution is -0.124. The molecule has 92 valence electrons. The summed E-state index contributed by atoms with van der Waals surface area (Å²) in [6, 6.07) is 3.92. The quantitative estimate of drug-likeness (QED) is 0.710. The molecule has 0 radical (unpaired) electrons. The molecule has 0 spiro atoms. The molecular weight excluding hydrogens is 231 g/mol. The Morgan fingerprint density at radius 3 is 2.76 bits per heavy atom. The molecule has 2 amide bonds. The van der Waals surface area contributed by atoms with Gasteiger partial charge >= 0.3 is 0 Å². The lowest BCUT2D eigenvalue weighted by Crippen LogP contribution is -2.30. The van der Waals surface area contributed by atoms with Crippen molar-refractivity contribution in [3.8, 4) is 5.75 Å². The van der Waals surface area contributed by atoms with Crippen LogP contribution in [0.2, 0.25) is 0 Å². The van der Waals surface area contributed by atoms with E-state index in [0.29, 0.717) is 0 Å². The summed E-state index contributed by atoms with van der Waals surface area (Å²) in [7, 11) is 1.30. The molecule has 0 fully saturated rings. The third-order valence-corrected chi connectivity index (χ3v) is 1.80. The summed E-state index contributed by atoms with van der Waals surface area (Å²) in [5.74, 6) is -2.32. The number of primary amides is 1. The number of carbonyl (C=O) groups excluding carboxylic acids is 2. The molecule has 17 heavy (non-hydrogen) atoms. The Morgan fingerprint density at radius 1 is 1.47 bits per heavy atom. The maximum atomic E-state index is 13.4. The Morgan fingerprint density at radius 2 is 2.18 bits per heavy atom. The summed E-state index contributed by atoms with van der Waals surface area (Å²) >= 11 is 0. The van der Waals surface area contributed by atoms with E-state index in [4.69, 9.17) is 10.5 Å². The van der Waals surface area contributed by atoms with Crippen molar-refractivity contribution in [3.05, 3.63) is 29.6 Å². The molecule has 0 saturated heterocycles. The number of rotatable bonds is 5. The predicted octanol–water partition coefficient (Wildman–Crippen LogP) is -0.0190. The Labute approximate surface area is 96.5 Å². The molecule has 0 aliphatic rings. The van der Waals surface area contributed by atoms with E-state index in [1.807, 2.05) is 5.48 Å². The minimum atomic E-state index is -0.860. The minimum absolute atomic E-state index is 0.0603. The summed E-state index contributed by atoms with van der Waals surface area (Å²) in [5.41, 5.74) is 6.37. The fraction of sp³-hybridized carbons (Fsp3) is 0.200. The maximum absolute atomic E-state index is 13.4. The predicted molar refractivity (Wildman–Crippen MR) is 55.6 cm³/mol. The van der Waals surface area contributed by atoms with Gasteiger partial charge in [0.2, 0.25) is 5.91 Å². The highest BCUT2D eigenvalue weighted by atomic mass is 19.1. The zero-order valence-corrected chi connectivity index (χ0v) is 9.03. The number of halogens is 1. The third-order valence-electron chi connectivity index (χ3n) is 1.80. The second-order valence-electron chi connectivity index (χ2n) is 3.00. The number of benzene rings is 1. The Hall–Kier alpha value is -2.15. The normalized spacial score (nSPS) is 9.76. The SMILES string of the molecule is COc1cccc(F)c1C(=O)NOCC(N)=O. The molecule has 0 aliphatic carbocycles. The molecule has 0 unspecified atom stereocenters. The first-order chi connectivity index (χ1) is 8.06. The van der Waals surface area contributed by atoms with Gasteiger partial charge in [-0.1, -0.05) is 6.07 Å². The van der Waals surface area contributed by atoms with Gasteiger partial charge in [-0.05, 0) is 12.1 Å². The second-order valence-corrected chi connectivity index (χ2v) is 3.00. The molecule has 7 heteroatoms. The van der Waals surface area contributed by atoms with Gasteiger partial charge in [0.25, 0.3) is 5.91 Å². The average molecular weight is 242 g/mol. The van der Waals surface area contributed by atoms with E-state index in [1.54, 1.807) is 0 Å². The van der Waals surface area contributed by atoms with Crippen LogP contribution in [0.4, 0.5) is 4.39 Å². The first kappa shape index (κ1) is 12.9. The van der Waals surface area contributed by atoms with Gasteiger partial charge in [-0.25, -0.2) is 9.87 Å². The van der Waals surface area contributed by atoms with Crippen molar-refractivity contribution >= 4 is 11.8 Å². The fourth-order valence-electron chi connectivity index (χ4n) is 1.12. The molecule has 3 N–H and O–H groups in total. The Balaban J connectivity index is 2.77. The molecule has 0 saturated carbocycles. The largest absolute Gasteiger partial charge is 0.496 e. The highest BCUT2D eigenvalue weighted by Gasteiger charge is 2.17. The van der Waals surface area contributed by atoms with Crippen LogP contribution >= 0.6 is 0 Å². The van der Waals surface area contributed by atoms with Crippen LogP contribution in [0.1, 0.15) is 10.4 Å². The standard InChI is InChI=1S/C10H11FN2O4/c1-16-7-4-2-3-6(11)9(7)10(15)13-17-5-8(12)14/h2-4H,5H2,1H3,(H2,12,14)(H,13,15). The average Bonchev–Trinajstić information content (AvgIpc) is 2.27. The van der Waals surface area contributed by atoms with Crippen molar-refractivity contribution in [1.82, 2.24) is 5.48 Å². The summed E-state index contributed by atoms with van der Waals surface area (Å²) in [4.78, 5) is 26.3. The summed E-state index contributed by atoms with van der Waals surface area (Å²) in [5, 5.41) is 0. The monoisotopic (exact) mass is 242 g/mol. The van der Waals surface area contributed by atoms with Crippen molar-refractivity contribution in [1.29, 1.82) is 0 Å². The Bertz CT molecular complexity index is 436. The van der Waals surface area contributed by atoms with Crippen LogP contribution in [0.15, 0.2) is 18.2 Å². The van der Waals surface area contributed by atoms with Crippen LogP contribution in [0.5, 0.6) is 5.75 Å². The van der Waals surface area contributed by atoms with Crippen molar-refractivity contribution in [2.45, 2.75) is 0 Å². The fourth-order valence-corrected chi connectivity index (χ4v) is 1.12. The zero-order chi connectivity index (χ0) is 12.8. The van der Waals surface area contributed by atoms with Crippen LogP contribution in [0.3, 0.4) is 0 Å². The number of nitrogens with one attached hydrogen (secondary N) is 1. The van der Waals surface area contributed by atoms with E-state index in [9.17, 15) is 14.0 Å². The van der Waals surface area contributed by atoms with E-state index in [1.165, 1.54) is 19.2 Å². The van der Waals surface area contributed by atoms with E-state index < -0.39 is 24.2 Å². The number of nitrogens with two attached hydrogens (primary N) is 1. The van der Waals surface area contributed by atoms with Gasteiger partial charge in [0.15, 0.2) is 6.61 Å². The lowest BCUT2D eigenvalue weighted by atomic mass is 10.2. The molecule has 0 bridgehead atoms. The summed E-state index contributed by atoms with van der Waals surface area (Å²) in [6.07, 6.45) is 0. The van der Waals surface area contributed by atoms with Gasteiger partial charge in [0, 0.05) is 0 Å². The summed E-state index contributed by atoms with van der Waals surface area (Å²) < 4.78 is 18.2. The number of hydrogen-bond donors (Lipinski definition) is 2. The molecule has 0 atom stereocenters. The van der Waals surface area contributed by atoms with Crippen LogP contribution in [-0.2, 0) is 9.63 Å². The van der Waals surface area contributed by atoms with E-state index in [0.717, 1.165) is 6.07 Å². The lowest BCUT2D eigenvalue weighted by Gasteiger charge is -2.09. The number of hydrogen-bond acceptors (Lipinski definition) is 4. The van der Waals surface area contributed by atoms with Crippen LogP contribution in [0, 0.1) is 5.82 Å². The van der Waals surface area contributed by atoms with Crippen molar-refractivity contribution in [2.75, 3.05) is 13.7 Å². The van der Waals surface area contributed by atoms with Gasteiger partial charge in [0.05, 0.1) is 7.11 Å². The van der Waals surface area contributed by atoms with Crippen molar-refractivity contribution < 1.29 is 23.6 Å². The summed E-state index contributed by atoms with van der Waals surface area (Å²) in [6.45, 7) is -0.498. The zero-order valence-electron chi connectivity index (χ0n) is 9.03. The highest BCUT2D eigenvalue weighted by molar-refractivity contribution is 5.96. The van der Waals surface area contributed by atoms with E-state index >= 15 is 0 Å². The topological polar surface area (TPSA) is 90.7 Å². The molecule has 1 rings (SSSR count). The van der Waals surface area contributed by atoms with Gasteiger partial charge in [-0.3, -0.25) is 14.4 Å². The third kappa shape index (κ3) is 3.42. The highest BCUT2D eigenvalue weighted by Crippen LogP contribution is 2.20. The maximum Gasteiger partial charge on any atom is 0.281 e. The van der Waals surface area contributed by atoms with Gasteiger partial charge < -0.3 is 10.5 Å². The van der Waals surface area contributed by atoms with E-state index in [2.05, 4.69) is 4.84 Å². The van der Waals surface area contributed by atoms with Crippen LogP contribution < -0.4 is 16.0 Å². The van der Waals surface area contributed by atoms with E-state index in [-0.39, 0.29) is 11.3 Å². The molecule has 6 nitrogen and oxygen atoms in total. The van der Waals surface area contributed by atoms with Crippen molar-refractivity contribution in [3.63, 3.8) is 0 Å². The van der Waals surface area contributed by atoms with Gasteiger partial charge in [-0.2, -0.15) is 0 Å². The smallest absolute Gasteiger partial charge is 0.281 e. The molecule has 0 aromatic heterocycles. The molecular formula is C10H11FN2O4. The van der Waals surface area contributed by atoms with Crippen LogP contribution in [-0.4, -0.2) is 25.5 Å². The number of hydroxylamine groups is 1. The molecule has 1 aromatic carbocycles. The van der Waals surface area contributed by atoms with Gasteiger partial charge in [0.1, 0.15) is 17.1 Å². The van der Waals surface area contributed by atoms with Crippen molar-refractivity contribution in [2.24, 2.45) is 5.73 Å². The number of methoxy groups -OCH3 is 1. The first-order valence-corrected chi connectivity index (χ1v) is 4.59. The number of amides is 2. The first-order valence-electron chi connectivity index (χ1n) is 4.59. The molecule has 0 heterocycles. The van der Waals surface area contributed by atoms with Gasteiger partial charge in [-0.15, -0.1) is 0 Å². The Kier molecular flexibility index (Phi) is 4.41. The number of carbonyl (C=O) groups is 2. The van der Waals surface area contributed by atoms with Crippen LogP contribution in [0.25, 0.3) is 0 Å².